The molecule has 0 fully saturated rings. The van der Waals surface area contributed by atoms with E-state index in [2.05, 4.69) is 16.7 Å². The molecule has 1 aromatic rings. The molecule has 0 aromatic heterocycles. The Hall–Kier alpha value is -1.79. The minimum atomic E-state index is -0.587. The number of benzene rings is 1. The number of nitrogens with one attached hydrogen (secondary N) is 2. The van der Waals surface area contributed by atoms with Crippen molar-refractivity contribution in [2.45, 2.75) is 32.7 Å². The van der Waals surface area contributed by atoms with Gasteiger partial charge in [0.05, 0.1) is 19.2 Å². The predicted octanol–water partition coefficient (Wildman–Crippen LogP) is 0.801. The predicted molar refractivity (Wildman–Crippen MR) is 95.4 cm³/mol. The zero-order valence-electron chi connectivity index (χ0n) is 14.1. The summed E-state index contributed by atoms with van der Waals surface area (Å²) in [6, 6.07) is 5.53. The zero-order chi connectivity index (χ0) is 16.8. The average Bonchev–Trinajstić information content (AvgIpc) is 2.99. The minimum Gasteiger partial charge on any atom is -0.493 e. The standard InChI is InChI=1S/C17H25N3O3.ClH/c1-11(2)16(18)17(22)20-10-15(21)19-7-5-12-3-4-14-13(9-12)6-8-23-14;/h3-4,9,11,16H,5-8,10,18H2,1-2H3,(H,19,21)(H,20,22);1H/t16-;/m0./s1. The number of carbonyl (C=O) groups excluding carboxylic acids is 2. The van der Waals surface area contributed by atoms with Crippen molar-refractivity contribution in [2.24, 2.45) is 11.7 Å². The van der Waals surface area contributed by atoms with Gasteiger partial charge in [-0.05, 0) is 29.5 Å². The number of hydrogen-bond donors (Lipinski definition) is 3. The van der Waals surface area contributed by atoms with Gasteiger partial charge in [0.1, 0.15) is 5.75 Å². The van der Waals surface area contributed by atoms with Gasteiger partial charge in [-0.2, -0.15) is 0 Å². The van der Waals surface area contributed by atoms with Crippen LogP contribution in [-0.2, 0) is 22.4 Å². The SMILES string of the molecule is CC(C)[C@H](N)C(=O)NCC(=O)NCCc1ccc2c(c1)CCO2.Cl. The van der Waals surface area contributed by atoms with Crippen LogP contribution in [0, 0.1) is 5.92 Å². The highest BCUT2D eigenvalue weighted by Gasteiger charge is 2.17. The van der Waals surface area contributed by atoms with Gasteiger partial charge in [-0.15, -0.1) is 12.4 Å². The van der Waals surface area contributed by atoms with Crippen molar-refractivity contribution in [1.82, 2.24) is 10.6 Å². The number of halogens is 1. The molecule has 1 aromatic carbocycles. The molecule has 0 unspecified atom stereocenters. The van der Waals surface area contributed by atoms with Crippen LogP contribution in [0.1, 0.15) is 25.0 Å². The first-order valence-electron chi connectivity index (χ1n) is 8.02. The second-order valence-electron chi connectivity index (χ2n) is 6.13. The summed E-state index contributed by atoms with van der Waals surface area (Å²) in [4.78, 5) is 23.4. The molecule has 4 N–H and O–H groups in total. The van der Waals surface area contributed by atoms with Crippen LogP contribution in [0.25, 0.3) is 0 Å². The van der Waals surface area contributed by atoms with Crippen molar-refractivity contribution in [2.75, 3.05) is 19.7 Å². The lowest BCUT2D eigenvalue weighted by Gasteiger charge is -2.15. The third-order valence-corrected chi connectivity index (χ3v) is 3.93. The fraction of sp³-hybridized carbons (Fsp3) is 0.529. The fourth-order valence-electron chi connectivity index (χ4n) is 2.39. The quantitative estimate of drug-likeness (QED) is 0.674. The van der Waals surface area contributed by atoms with Crippen molar-refractivity contribution in [3.63, 3.8) is 0 Å². The van der Waals surface area contributed by atoms with Gasteiger partial charge >= 0.3 is 0 Å². The summed E-state index contributed by atoms with van der Waals surface area (Å²) in [5, 5.41) is 5.35. The van der Waals surface area contributed by atoms with Crippen LogP contribution in [0.3, 0.4) is 0 Å². The highest BCUT2D eigenvalue weighted by atomic mass is 35.5. The maximum Gasteiger partial charge on any atom is 0.239 e. The molecule has 0 radical (unpaired) electrons. The van der Waals surface area contributed by atoms with Gasteiger partial charge in [0.2, 0.25) is 11.8 Å². The first-order valence-corrected chi connectivity index (χ1v) is 8.02. The van der Waals surface area contributed by atoms with E-state index in [4.69, 9.17) is 10.5 Å². The largest absolute Gasteiger partial charge is 0.493 e. The Morgan fingerprint density at radius 2 is 2.04 bits per heavy atom. The summed E-state index contributed by atoms with van der Waals surface area (Å²) in [5.74, 6) is 0.497. The molecule has 2 rings (SSSR count). The summed E-state index contributed by atoms with van der Waals surface area (Å²) in [5.41, 5.74) is 8.11. The first-order chi connectivity index (χ1) is 11.0. The minimum absolute atomic E-state index is 0. The van der Waals surface area contributed by atoms with E-state index in [1.54, 1.807) is 0 Å². The Morgan fingerprint density at radius 3 is 2.75 bits per heavy atom. The number of ether oxygens (including phenoxy) is 1. The molecule has 2 amide bonds. The van der Waals surface area contributed by atoms with Crippen LogP contribution in [-0.4, -0.2) is 37.6 Å². The molecule has 1 heterocycles. The van der Waals surface area contributed by atoms with Gasteiger partial charge in [0.15, 0.2) is 0 Å². The number of fused-ring (bicyclic) bond motifs is 1. The number of carbonyl (C=O) groups is 2. The van der Waals surface area contributed by atoms with Gasteiger partial charge in [-0.25, -0.2) is 0 Å². The van der Waals surface area contributed by atoms with Crippen molar-refractivity contribution in [3.8, 4) is 5.75 Å². The first kappa shape index (κ1) is 20.3. The van der Waals surface area contributed by atoms with Gasteiger partial charge < -0.3 is 21.1 Å². The van der Waals surface area contributed by atoms with E-state index in [0.717, 1.165) is 25.2 Å². The van der Waals surface area contributed by atoms with Gasteiger partial charge in [-0.3, -0.25) is 9.59 Å². The summed E-state index contributed by atoms with van der Waals surface area (Å²) in [6.45, 7) is 4.97. The maximum absolute atomic E-state index is 11.7. The second kappa shape index (κ2) is 9.49. The van der Waals surface area contributed by atoms with Crippen LogP contribution in [0.5, 0.6) is 5.75 Å². The molecule has 0 bridgehead atoms. The van der Waals surface area contributed by atoms with Crippen LogP contribution < -0.4 is 21.1 Å². The topological polar surface area (TPSA) is 93.5 Å². The Kier molecular flexibility index (Phi) is 8.01. The molecule has 1 aliphatic rings. The van der Waals surface area contributed by atoms with Crippen LogP contribution in [0.4, 0.5) is 0 Å². The summed E-state index contributed by atoms with van der Waals surface area (Å²) < 4.78 is 5.47. The van der Waals surface area contributed by atoms with Crippen LogP contribution in [0.2, 0.25) is 0 Å². The van der Waals surface area contributed by atoms with E-state index in [0.29, 0.717) is 6.54 Å². The summed E-state index contributed by atoms with van der Waals surface area (Å²) in [6.07, 6.45) is 1.69. The lowest BCUT2D eigenvalue weighted by molar-refractivity contribution is -0.127. The van der Waals surface area contributed by atoms with E-state index in [-0.39, 0.29) is 36.7 Å². The van der Waals surface area contributed by atoms with E-state index < -0.39 is 6.04 Å². The third kappa shape index (κ3) is 5.69. The van der Waals surface area contributed by atoms with Crippen LogP contribution in [0.15, 0.2) is 18.2 Å². The summed E-state index contributed by atoms with van der Waals surface area (Å²) in [7, 11) is 0. The lowest BCUT2D eigenvalue weighted by Crippen LogP contribution is -2.47. The van der Waals surface area contributed by atoms with Crippen molar-refractivity contribution >= 4 is 24.2 Å². The normalized spacial score (nSPS) is 13.5. The molecule has 24 heavy (non-hydrogen) atoms. The molecule has 0 spiro atoms. The number of nitrogens with two attached hydrogens (primary N) is 1. The molecule has 1 atom stereocenters. The Bertz CT molecular complexity index is 578. The van der Waals surface area contributed by atoms with Crippen molar-refractivity contribution in [1.29, 1.82) is 0 Å². The molecule has 0 aliphatic carbocycles. The molecule has 6 nitrogen and oxygen atoms in total. The van der Waals surface area contributed by atoms with Crippen LogP contribution >= 0.6 is 12.4 Å². The fourth-order valence-corrected chi connectivity index (χ4v) is 2.39. The monoisotopic (exact) mass is 355 g/mol. The molecular formula is C17H26ClN3O3. The number of amides is 2. The average molecular weight is 356 g/mol. The highest BCUT2D eigenvalue weighted by Crippen LogP contribution is 2.25. The van der Waals surface area contributed by atoms with E-state index >= 15 is 0 Å². The third-order valence-electron chi connectivity index (χ3n) is 3.93. The molecule has 0 saturated carbocycles. The highest BCUT2D eigenvalue weighted by molar-refractivity contribution is 5.87. The maximum atomic E-state index is 11.7. The molecule has 0 saturated heterocycles. The van der Waals surface area contributed by atoms with E-state index in [1.807, 2.05) is 26.0 Å². The van der Waals surface area contributed by atoms with Gasteiger partial charge in [0.25, 0.3) is 0 Å². The van der Waals surface area contributed by atoms with Gasteiger partial charge in [-0.1, -0.05) is 26.0 Å². The van der Waals surface area contributed by atoms with Crippen molar-refractivity contribution in [3.05, 3.63) is 29.3 Å². The molecule has 1 aliphatic heterocycles. The Balaban J connectivity index is 0.00000288. The molecule has 134 valence electrons. The smallest absolute Gasteiger partial charge is 0.239 e. The van der Waals surface area contributed by atoms with Gasteiger partial charge in [0, 0.05) is 13.0 Å². The zero-order valence-corrected chi connectivity index (χ0v) is 14.9. The number of rotatable bonds is 7. The molecule has 7 heteroatoms. The lowest BCUT2D eigenvalue weighted by atomic mass is 10.1. The summed E-state index contributed by atoms with van der Waals surface area (Å²) >= 11 is 0. The van der Waals surface area contributed by atoms with Crippen molar-refractivity contribution < 1.29 is 14.3 Å². The number of hydrogen-bond acceptors (Lipinski definition) is 4. The van der Waals surface area contributed by atoms with E-state index in [9.17, 15) is 9.59 Å². The molecular weight excluding hydrogens is 330 g/mol. The second-order valence-corrected chi connectivity index (χ2v) is 6.13. The Labute approximate surface area is 148 Å². The van der Waals surface area contributed by atoms with E-state index in [1.165, 1.54) is 11.1 Å². The Morgan fingerprint density at radius 1 is 1.29 bits per heavy atom.